The van der Waals surface area contributed by atoms with Crippen LogP contribution in [0, 0.1) is 17.3 Å². The molecule has 0 radical (unpaired) electrons. The molecule has 0 bridgehead atoms. The Morgan fingerprint density at radius 3 is 2.68 bits per heavy atom. The number of benzene rings is 2. The molecule has 0 atom stereocenters. The Bertz CT molecular complexity index is 711. The van der Waals surface area contributed by atoms with Crippen LogP contribution >= 0.6 is 23.5 Å². The molecule has 3 nitrogen and oxygen atoms in total. The maximum absolute atomic E-state index is 13.7. The van der Waals surface area contributed by atoms with Crippen LogP contribution in [0.4, 0.5) is 10.1 Å². The van der Waals surface area contributed by atoms with E-state index < -0.39 is 0 Å². The molecular formula is C16H14FN3S2. The first-order chi connectivity index (χ1) is 10.7. The molecular weight excluding hydrogens is 317 g/mol. The lowest BCUT2D eigenvalue weighted by molar-refractivity contribution is 0.617. The number of para-hydroxylation sites is 1. The van der Waals surface area contributed by atoms with Crippen LogP contribution in [0.5, 0.6) is 0 Å². The Morgan fingerprint density at radius 2 is 1.95 bits per heavy atom. The predicted molar refractivity (Wildman–Crippen MR) is 91.8 cm³/mol. The van der Waals surface area contributed by atoms with E-state index in [4.69, 9.17) is 5.26 Å². The maximum Gasteiger partial charge on any atom is 0.183 e. The number of rotatable bonds is 4. The van der Waals surface area contributed by atoms with Gasteiger partial charge in [0.05, 0.1) is 5.69 Å². The fourth-order valence-corrected chi connectivity index (χ4v) is 3.04. The standard InChI is InChI=1S/C16H14FN3S2/c1-21-16(19-11-18)20-14-8-4-5-9-15(14)22-10-12-6-2-3-7-13(12)17/h2-9H,10H2,1H3,(H,19,20). The number of aliphatic imine (C=N–C) groups is 1. The second-order valence-electron chi connectivity index (χ2n) is 4.21. The van der Waals surface area contributed by atoms with Crippen molar-refractivity contribution >= 4 is 34.4 Å². The van der Waals surface area contributed by atoms with Gasteiger partial charge in [-0.25, -0.2) is 9.38 Å². The second kappa shape index (κ2) is 8.47. The van der Waals surface area contributed by atoms with Gasteiger partial charge in [-0.2, -0.15) is 5.26 Å². The third-order valence-electron chi connectivity index (χ3n) is 2.78. The Morgan fingerprint density at radius 1 is 1.23 bits per heavy atom. The topological polar surface area (TPSA) is 48.2 Å². The zero-order valence-electron chi connectivity index (χ0n) is 11.9. The molecule has 0 unspecified atom stereocenters. The average Bonchev–Trinajstić information content (AvgIpc) is 2.55. The Hall–Kier alpha value is -1.97. The van der Waals surface area contributed by atoms with E-state index in [9.17, 15) is 4.39 Å². The van der Waals surface area contributed by atoms with Gasteiger partial charge in [0, 0.05) is 10.6 Å². The average molecular weight is 331 g/mol. The Labute approximate surface area is 137 Å². The molecule has 2 aromatic rings. The van der Waals surface area contributed by atoms with Crippen molar-refractivity contribution in [2.45, 2.75) is 10.6 Å². The van der Waals surface area contributed by atoms with Crippen molar-refractivity contribution in [3.05, 3.63) is 59.9 Å². The summed E-state index contributed by atoms with van der Waals surface area (Å²) in [7, 11) is 0. The number of nitriles is 1. The highest BCUT2D eigenvalue weighted by atomic mass is 32.2. The van der Waals surface area contributed by atoms with Gasteiger partial charge in [0.25, 0.3) is 0 Å². The summed E-state index contributed by atoms with van der Waals surface area (Å²) in [4.78, 5) is 5.37. The minimum Gasteiger partial charge on any atom is -0.271 e. The van der Waals surface area contributed by atoms with Crippen molar-refractivity contribution in [1.29, 1.82) is 5.26 Å². The number of nitrogens with zero attached hydrogens (tertiary/aromatic N) is 2. The molecule has 0 amide bonds. The summed E-state index contributed by atoms with van der Waals surface area (Å²) in [5.74, 6) is 0.325. The van der Waals surface area contributed by atoms with E-state index in [1.54, 1.807) is 12.1 Å². The van der Waals surface area contributed by atoms with Gasteiger partial charge < -0.3 is 0 Å². The molecule has 22 heavy (non-hydrogen) atoms. The molecule has 2 rings (SSSR count). The van der Waals surface area contributed by atoms with Crippen LogP contribution in [0.2, 0.25) is 0 Å². The molecule has 0 aliphatic rings. The van der Waals surface area contributed by atoms with Gasteiger partial charge in [0.15, 0.2) is 11.4 Å². The minimum atomic E-state index is -0.202. The van der Waals surface area contributed by atoms with Gasteiger partial charge in [-0.1, -0.05) is 42.1 Å². The normalized spacial score (nSPS) is 11.0. The van der Waals surface area contributed by atoms with E-state index >= 15 is 0 Å². The lowest BCUT2D eigenvalue weighted by Crippen LogP contribution is -2.12. The first-order valence-electron chi connectivity index (χ1n) is 6.47. The first-order valence-corrected chi connectivity index (χ1v) is 8.68. The quantitative estimate of drug-likeness (QED) is 0.294. The first kappa shape index (κ1) is 16.4. The SMILES string of the molecule is CSC(=Nc1ccccc1SCc1ccccc1F)NC#N. The summed E-state index contributed by atoms with van der Waals surface area (Å²) in [5, 5.41) is 11.8. The smallest absolute Gasteiger partial charge is 0.183 e. The van der Waals surface area contributed by atoms with Gasteiger partial charge in [-0.3, -0.25) is 5.32 Å². The summed E-state index contributed by atoms with van der Waals surface area (Å²) in [6.07, 6.45) is 3.71. The van der Waals surface area contributed by atoms with Crippen molar-refractivity contribution in [3.63, 3.8) is 0 Å². The Kier molecular flexibility index (Phi) is 6.31. The molecule has 0 saturated carbocycles. The lowest BCUT2D eigenvalue weighted by Gasteiger charge is -2.07. The van der Waals surface area contributed by atoms with Crippen LogP contribution in [-0.2, 0) is 5.75 Å². The summed E-state index contributed by atoms with van der Waals surface area (Å²) in [6.45, 7) is 0. The zero-order chi connectivity index (χ0) is 15.8. The van der Waals surface area contributed by atoms with Crippen LogP contribution in [-0.4, -0.2) is 11.4 Å². The maximum atomic E-state index is 13.7. The van der Waals surface area contributed by atoms with Gasteiger partial charge in [0.1, 0.15) is 5.82 Å². The van der Waals surface area contributed by atoms with Crippen LogP contribution < -0.4 is 5.32 Å². The fourth-order valence-electron chi connectivity index (χ4n) is 1.72. The van der Waals surface area contributed by atoms with Gasteiger partial charge >= 0.3 is 0 Å². The molecule has 0 fully saturated rings. The number of thioether (sulfide) groups is 2. The zero-order valence-corrected chi connectivity index (χ0v) is 13.5. The summed E-state index contributed by atoms with van der Waals surface area (Å²) >= 11 is 2.88. The summed E-state index contributed by atoms with van der Waals surface area (Å²) in [5.41, 5.74) is 1.42. The van der Waals surface area contributed by atoms with Gasteiger partial charge in [-0.15, -0.1) is 11.8 Å². The van der Waals surface area contributed by atoms with E-state index in [1.165, 1.54) is 29.6 Å². The summed E-state index contributed by atoms with van der Waals surface area (Å²) < 4.78 is 13.7. The van der Waals surface area contributed by atoms with Crippen LogP contribution in [0.25, 0.3) is 0 Å². The molecule has 0 spiro atoms. The number of amidine groups is 1. The fraction of sp³-hybridized carbons (Fsp3) is 0.125. The molecule has 0 aliphatic heterocycles. The van der Waals surface area contributed by atoms with Crippen molar-refractivity contribution in [3.8, 4) is 6.19 Å². The number of hydrogen-bond acceptors (Lipinski definition) is 4. The third-order valence-corrected chi connectivity index (χ3v) is 4.48. The van der Waals surface area contributed by atoms with Crippen LogP contribution in [0.3, 0.4) is 0 Å². The molecule has 0 heterocycles. The molecule has 0 aliphatic carbocycles. The van der Waals surface area contributed by atoms with Crippen LogP contribution in [0.1, 0.15) is 5.56 Å². The lowest BCUT2D eigenvalue weighted by atomic mass is 10.2. The molecule has 2 aromatic carbocycles. The molecule has 6 heteroatoms. The van der Waals surface area contributed by atoms with Crippen molar-refractivity contribution in [2.24, 2.45) is 4.99 Å². The number of nitrogens with one attached hydrogen (secondary N) is 1. The second-order valence-corrected chi connectivity index (χ2v) is 6.02. The number of halogens is 1. The molecule has 112 valence electrons. The number of hydrogen-bond donors (Lipinski definition) is 1. The van der Waals surface area contributed by atoms with E-state index in [1.807, 2.05) is 42.8 Å². The van der Waals surface area contributed by atoms with E-state index in [2.05, 4.69) is 10.3 Å². The highest BCUT2D eigenvalue weighted by molar-refractivity contribution is 8.13. The predicted octanol–water partition coefficient (Wildman–Crippen LogP) is 4.54. The van der Waals surface area contributed by atoms with Crippen molar-refractivity contribution in [1.82, 2.24) is 5.32 Å². The van der Waals surface area contributed by atoms with Gasteiger partial charge in [-0.05, 0) is 30.0 Å². The largest absolute Gasteiger partial charge is 0.271 e. The third kappa shape index (κ3) is 4.52. The molecule has 0 saturated heterocycles. The minimum absolute atomic E-state index is 0.202. The van der Waals surface area contributed by atoms with E-state index in [0.717, 1.165) is 10.6 Å². The van der Waals surface area contributed by atoms with E-state index in [0.29, 0.717) is 16.5 Å². The highest BCUT2D eigenvalue weighted by Crippen LogP contribution is 2.32. The van der Waals surface area contributed by atoms with E-state index in [-0.39, 0.29) is 5.82 Å². The Balaban J connectivity index is 2.19. The summed E-state index contributed by atoms with van der Waals surface area (Å²) in [6, 6.07) is 14.4. The van der Waals surface area contributed by atoms with Crippen molar-refractivity contribution < 1.29 is 4.39 Å². The van der Waals surface area contributed by atoms with Crippen LogP contribution in [0.15, 0.2) is 58.4 Å². The molecule has 1 N–H and O–H groups in total. The van der Waals surface area contributed by atoms with Gasteiger partial charge in [0.2, 0.25) is 0 Å². The highest BCUT2D eigenvalue weighted by Gasteiger charge is 2.06. The molecule has 0 aromatic heterocycles. The monoisotopic (exact) mass is 331 g/mol. The van der Waals surface area contributed by atoms with Crippen molar-refractivity contribution in [2.75, 3.05) is 6.26 Å².